The van der Waals surface area contributed by atoms with E-state index in [0.29, 0.717) is 16.9 Å². The predicted octanol–water partition coefficient (Wildman–Crippen LogP) is 1.84. The number of methoxy groups -OCH3 is 2. The molecule has 1 N–H and O–H groups in total. The first kappa shape index (κ1) is 14.5. The highest BCUT2D eigenvalue weighted by atomic mass is 16.5. The third-order valence-corrected chi connectivity index (χ3v) is 5.24. The molecule has 1 aromatic carbocycles. The lowest BCUT2D eigenvalue weighted by atomic mass is 9.73. The maximum Gasteiger partial charge on any atom is 0.162 e. The molecule has 6 nitrogen and oxygen atoms in total. The molecule has 2 aliphatic rings. The Hall–Kier alpha value is -2.08. The minimum absolute atomic E-state index is 0.528. The van der Waals surface area contributed by atoms with Crippen molar-refractivity contribution in [2.75, 3.05) is 45.3 Å². The van der Waals surface area contributed by atoms with Gasteiger partial charge in [0, 0.05) is 37.6 Å². The van der Waals surface area contributed by atoms with Gasteiger partial charge in [0.25, 0.3) is 0 Å². The van der Waals surface area contributed by atoms with Gasteiger partial charge in [-0.05, 0) is 24.3 Å². The molecule has 0 radical (unpaired) electrons. The second kappa shape index (κ2) is 5.53. The van der Waals surface area contributed by atoms with Crippen LogP contribution in [0.25, 0.3) is 10.9 Å². The molecule has 0 amide bonds. The van der Waals surface area contributed by atoms with Crippen LogP contribution in [-0.4, -0.2) is 50.4 Å². The summed E-state index contributed by atoms with van der Waals surface area (Å²) in [5, 5.41) is 4.43. The summed E-state index contributed by atoms with van der Waals surface area (Å²) in [6.45, 7) is 4.41. The van der Waals surface area contributed by atoms with Gasteiger partial charge in [-0.2, -0.15) is 0 Å². The highest BCUT2D eigenvalue weighted by Gasteiger charge is 2.40. The summed E-state index contributed by atoms with van der Waals surface area (Å²) in [6, 6.07) is 3.90. The molecule has 2 aromatic rings. The highest BCUT2D eigenvalue weighted by Crippen LogP contribution is 2.39. The zero-order valence-electron chi connectivity index (χ0n) is 13.6. The number of hydrogen-bond donors (Lipinski definition) is 1. The Labute approximate surface area is 135 Å². The summed E-state index contributed by atoms with van der Waals surface area (Å²) in [6.07, 6.45) is 4.08. The maximum absolute atomic E-state index is 5.44. The number of nitrogens with one attached hydrogen (secondary N) is 1. The fraction of sp³-hybridized carbons (Fsp3) is 0.529. The predicted molar refractivity (Wildman–Crippen MR) is 89.4 cm³/mol. The number of aromatic nitrogens is 2. The molecule has 0 unspecified atom stereocenters. The molecule has 1 spiro atoms. The van der Waals surface area contributed by atoms with E-state index in [1.165, 1.54) is 12.8 Å². The number of rotatable bonds is 3. The van der Waals surface area contributed by atoms with Gasteiger partial charge in [-0.15, -0.1) is 0 Å². The Kier molecular flexibility index (Phi) is 3.49. The molecule has 4 rings (SSSR count). The van der Waals surface area contributed by atoms with Crippen molar-refractivity contribution in [2.45, 2.75) is 12.8 Å². The topological polar surface area (TPSA) is 59.5 Å². The summed E-state index contributed by atoms with van der Waals surface area (Å²) in [7, 11) is 3.30. The smallest absolute Gasteiger partial charge is 0.162 e. The van der Waals surface area contributed by atoms with Gasteiger partial charge in [0.1, 0.15) is 12.1 Å². The number of ether oxygens (including phenoxy) is 2. The Morgan fingerprint density at radius 2 is 1.74 bits per heavy atom. The van der Waals surface area contributed by atoms with Crippen LogP contribution in [0.3, 0.4) is 0 Å². The van der Waals surface area contributed by atoms with E-state index in [1.54, 1.807) is 20.5 Å². The first-order valence-corrected chi connectivity index (χ1v) is 8.07. The van der Waals surface area contributed by atoms with Crippen molar-refractivity contribution >= 4 is 16.7 Å². The van der Waals surface area contributed by atoms with Crippen molar-refractivity contribution in [2.24, 2.45) is 5.41 Å². The van der Waals surface area contributed by atoms with Gasteiger partial charge in [-0.3, -0.25) is 0 Å². The fourth-order valence-electron chi connectivity index (χ4n) is 3.65. The van der Waals surface area contributed by atoms with Crippen LogP contribution in [0.4, 0.5) is 5.82 Å². The van der Waals surface area contributed by atoms with Crippen LogP contribution >= 0.6 is 0 Å². The zero-order valence-corrected chi connectivity index (χ0v) is 13.6. The third-order valence-electron chi connectivity index (χ3n) is 5.24. The molecular weight excluding hydrogens is 292 g/mol. The minimum atomic E-state index is 0.528. The normalized spacial score (nSPS) is 19.7. The molecule has 0 aliphatic carbocycles. The molecule has 0 bridgehead atoms. The van der Waals surface area contributed by atoms with E-state index in [9.17, 15) is 0 Å². The van der Waals surface area contributed by atoms with Crippen LogP contribution in [0.15, 0.2) is 18.5 Å². The van der Waals surface area contributed by atoms with Crippen molar-refractivity contribution < 1.29 is 9.47 Å². The van der Waals surface area contributed by atoms with Crippen LogP contribution in [0.5, 0.6) is 11.5 Å². The Balaban J connectivity index is 1.69. The SMILES string of the molecule is COc1cc2ncnc(N3CCC4(CC3)CNC4)c2cc1OC. The number of nitrogens with zero attached hydrogens (tertiary/aromatic N) is 3. The lowest BCUT2D eigenvalue weighted by Crippen LogP contribution is -2.58. The van der Waals surface area contributed by atoms with Gasteiger partial charge < -0.3 is 19.7 Å². The van der Waals surface area contributed by atoms with Gasteiger partial charge in [0.05, 0.1) is 19.7 Å². The van der Waals surface area contributed by atoms with Crippen molar-refractivity contribution in [3.63, 3.8) is 0 Å². The molecule has 0 saturated carbocycles. The number of piperidine rings is 1. The second-order valence-corrected chi connectivity index (χ2v) is 6.51. The lowest BCUT2D eigenvalue weighted by molar-refractivity contribution is 0.126. The number of anilines is 1. The molecule has 23 heavy (non-hydrogen) atoms. The summed E-state index contributed by atoms with van der Waals surface area (Å²) in [4.78, 5) is 11.3. The number of hydrogen-bond acceptors (Lipinski definition) is 6. The first-order valence-electron chi connectivity index (χ1n) is 8.07. The average molecular weight is 314 g/mol. The summed E-state index contributed by atoms with van der Waals surface area (Å²) < 4.78 is 10.8. The van der Waals surface area contributed by atoms with Crippen LogP contribution in [0.1, 0.15) is 12.8 Å². The van der Waals surface area contributed by atoms with E-state index in [2.05, 4.69) is 20.2 Å². The van der Waals surface area contributed by atoms with Crippen molar-refractivity contribution in [3.8, 4) is 11.5 Å². The third kappa shape index (κ3) is 2.37. The van der Waals surface area contributed by atoms with Crippen LogP contribution < -0.4 is 19.7 Å². The summed E-state index contributed by atoms with van der Waals surface area (Å²) >= 11 is 0. The van der Waals surface area contributed by atoms with Crippen molar-refractivity contribution in [1.29, 1.82) is 0 Å². The molecule has 2 fully saturated rings. The van der Waals surface area contributed by atoms with Gasteiger partial charge in [0.2, 0.25) is 0 Å². The summed E-state index contributed by atoms with van der Waals surface area (Å²) in [5.41, 5.74) is 1.42. The lowest BCUT2D eigenvalue weighted by Gasteiger charge is -2.48. The highest BCUT2D eigenvalue weighted by molar-refractivity contribution is 5.92. The van der Waals surface area contributed by atoms with Crippen LogP contribution in [-0.2, 0) is 0 Å². The molecule has 2 aliphatic heterocycles. The van der Waals surface area contributed by atoms with Gasteiger partial charge in [-0.1, -0.05) is 0 Å². The average Bonchev–Trinajstić information content (AvgIpc) is 2.58. The zero-order chi connectivity index (χ0) is 15.9. The standard InChI is InChI=1S/C17H22N4O2/c1-22-14-7-12-13(8-15(14)23-2)19-11-20-16(12)21-5-3-17(4-6-21)9-18-10-17/h7-8,11,18H,3-6,9-10H2,1-2H3. The Morgan fingerprint density at radius 1 is 1.04 bits per heavy atom. The summed E-state index contributed by atoms with van der Waals surface area (Å²) in [5.74, 6) is 2.41. The Morgan fingerprint density at radius 3 is 2.35 bits per heavy atom. The van der Waals surface area contributed by atoms with Gasteiger partial charge in [0.15, 0.2) is 11.5 Å². The molecule has 2 saturated heterocycles. The van der Waals surface area contributed by atoms with E-state index < -0.39 is 0 Å². The van der Waals surface area contributed by atoms with E-state index >= 15 is 0 Å². The molecule has 3 heterocycles. The van der Waals surface area contributed by atoms with Gasteiger partial charge in [-0.25, -0.2) is 9.97 Å². The van der Waals surface area contributed by atoms with E-state index in [1.807, 2.05) is 12.1 Å². The monoisotopic (exact) mass is 314 g/mol. The van der Waals surface area contributed by atoms with Crippen LogP contribution in [0, 0.1) is 5.41 Å². The maximum atomic E-state index is 5.44. The van der Waals surface area contributed by atoms with Crippen LogP contribution in [0.2, 0.25) is 0 Å². The van der Waals surface area contributed by atoms with Crippen molar-refractivity contribution in [1.82, 2.24) is 15.3 Å². The van der Waals surface area contributed by atoms with E-state index in [-0.39, 0.29) is 0 Å². The second-order valence-electron chi connectivity index (χ2n) is 6.51. The van der Waals surface area contributed by atoms with E-state index in [4.69, 9.17) is 9.47 Å². The first-order chi connectivity index (χ1) is 11.2. The fourth-order valence-corrected chi connectivity index (χ4v) is 3.65. The molecule has 122 valence electrons. The molecular formula is C17H22N4O2. The Bertz CT molecular complexity index is 720. The molecule has 6 heteroatoms. The number of fused-ring (bicyclic) bond motifs is 1. The van der Waals surface area contributed by atoms with Gasteiger partial charge >= 0.3 is 0 Å². The minimum Gasteiger partial charge on any atom is -0.493 e. The van der Waals surface area contributed by atoms with E-state index in [0.717, 1.165) is 42.9 Å². The molecule has 1 aromatic heterocycles. The molecule has 0 atom stereocenters. The largest absolute Gasteiger partial charge is 0.493 e. The number of benzene rings is 1. The quantitative estimate of drug-likeness (QED) is 0.933. The van der Waals surface area contributed by atoms with Crippen molar-refractivity contribution in [3.05, 3.63) is 18.5 Å².